The Hall–Kier alpha value is -3.59. The number of aromatic nitrogens is 3. The number of carbonyl (C=O) groups is 1. The number of anilines is 1. The molecule has 2 aromatic heterocycles. The number of nitrogens with one attached hydrogen (secondary N) is 1. The Morgan fingerprint density at radius 2 is 1.74 bits per heavy atom. The van der Waals surface area contributed by atoms with E-state index in [0.717, 1.165) is 67.2 Å². The van der Waals surface area contributed by atoms with Crippen molar-refractivity contribution in [2.24, 2.45) is 0 Å². The second kappa shape index (κ2) is 9.72. The van der Waals surface area contributed by atoms with Gasteiger partial charge in [0, 0.05) is 74.8 Å². The number of hydrogen-bond donors (Lipinski definition) is 1. The molecule has 0 aliphatic carbocycles. The second-order valence-electron chi connectivity index (χ2n) is 8.58. The van der Waals surface area contributed by atoms with Gasteiger partial charge in [-0.3, -0.25) is 9.69 Å². The van der Waals surface area contributed by atoms with Crippen LogP contribution < -0.4 is 19.7 Å². The summed E-state index contributed by atoms with van der Waals surface area (Å²) in [6.45, 7) is 10.1. The van der Waals surface area contributed by atoms with Crippen LogP contribution in [0.25, 0.3) is 5.69 Å². The van der Waals surface area contributed by atoms with Crippen molar-refractivity contribution >= 4 is 11.9 Å². The molecule has 4 heterocycles. The molecule has 0 unspecified atom stereocenters. The number of carbonyl (C=O) groups excluding carboxylic acids is 1. The molecule has 1 saturated heterocycles. The number of aryl methyl sites for hydroxylation is 1. The van der Waals surface area contributed by atoms with Gasteiger partial charge in [-0.05, 0) is 38.1 Å². The Morgan fingerprint density at radius 1 is 1.00 bits per heavy atom. The minimum Gasteiger partial charge on any atom is -0.486 e. The maximum Gasteiger partial charge on any atom is 0.253 e. The number of benzene rings is 1. The van der Waals surface area contributed by atoms with E-state index in [0.29, 0.717) is 25.3 Å². The van der Waals surface area contributed by atoms with E-state index in [1.807, 2.05) is 44.2 Å². The van der Waals surface area contributed by atoms with Crippen LogP contribution in [0.5, 0.6) is 11.5 Å². The molecule has 0 saturated carbocycles. The van der Waals surface area contributed by atoms with Crippen molar-refractivity contribution in [1.29, 1.82) is 0 Å². The van der Waals surface area contributed by atoms with Gasteiger partial charge in [-0.1, -0.05) is 0 Å². The minimum absolute atomic E-state index is 0.0479. The normalized spacial score (nSPS) is 15.9. The minimum atomic E-state index is -0.0479. The Balaban J connectivity index is 1.17. The molecule has 1 N–H and O–H groups in total. The zero-order chi connectivity index (χ0) is 23.5. The van der Waals surface area contributed by atoms with Gasteiger partial charge in [0.25, 0.3) is 5.91 Å². The average molecular weight is 463 g/mol. The highest BCUT2D eigenvalue weighted by atomic mass is 16.6. The van der Waals surface area contributed by atoms with E-state index in [4.69, 9.17) is 9.47 Å². The predicted octanol–water partition coefficient (Wildman–Crippen LogP) is 2.21. The summed E-state index contributed by atoms with van der Waals surface area (Å²) in [7, 11) is 0. The molecule has 34 heavy (non-hydrogen) atoms. The number of rotatable bonds is 6. The smallest absolute Gasteiger partial charge is 0.253 e. The molecule has 178 valence electrons. The first-order valence-electron chi connectivity index (χ1n) is 11.7. The van der Waals surface area contributed by atoms with Crippen molar-refractivity contribution in [3.63, 3.8) is 0 Å². The van der Waals surface area contributed by atoms with E-state index < -0.39 is 0 Å². The first-order valence-corrected chi connectivity index (χ1v) is 11.7. The van der Waals surface area contributed by atoms with Crippen molar-refractivity contribution < 1.29 is 14.3 Å². The highest BCUT2D eigenvalue weighted by Crippen LogP contribution is 2.33. The molecular formula is C25H30N6O3. The Kier molecular flexibility index (Phi) is 6.35. The van der Waals surface area contributed by atoms with Crippen molar-refractivity contribution in [3.8, 4) is 17.2 Å². The van der Waals surface area contributed by atoms with Gasteiger partial charge in [-0.25, -0.2) is 9.97 Å². The van der Waals surface area contributed by atoms with Crippen LogP contribution in [-0.2, 0) is 0 Å². The molecule has 1 fully saturated rings. The van der Waals surface area contributed by atoms with E-state index in [2.05, 4.69) is 29.7 Å². The summed E-state index contributed by atoms with van der Waals surface area (Å²) < 4.78 is 13.4. The van der Waals surface area contributed by atoms with Gasteiger partial charge in [-0.15, -0.1) is 0 Å². The van der Waals surface area contributed by atoms with Crippen LogP contribution in [0.4, 0.5) is 5.95 Å². The number of hydrogen-bond acceptors (Lipinski definition) is 7. The first-order chi connectivity index (χ1) is 16.6. The second-order valence-corrected chi connectivity index (χ2v) is 8.58. The van der Waals surface area contributed by atoms with Crippen LogP contribution in [0.15, 0.2) is 42.7 Å². The number of piperazine rings is 1. The topological polar surface area (TPSA) is 84.8 Å². The highest BCUT2D eigenvalue weighted by molar-refractivity contribution is 5.96. The molecule has 9 heteroatoms. The monoisotopic (exact) mass is 462 g/mol. The van der Waals surface area contributed by atoms with Gasteiger partial charge in [0.2, 0.25) is 5.95 Å². The fourth-order valence-electron chi connectivity index (χ4n) is 4.61. The molecule has 1 amide bonds. The summed E-state index contributed by atoms with van der Waals surface area (Å²) in [4.78, 5) is 26.2. The van der Waals surface area contributed by atoms with Crippen LogP contribution in [0.1, 0.15) is 21.7 Å². The maximum absolute atomic E-state index is 13.0. The van der Waals surface area contributed by atoms with Crippen LogP contribution in [0, 0.1) is 13.8 Å². The zero-order valence-electron chi connectivity index (χ0n) is 19.7. The van der Waals surface area contributed by atoms with Gasteiger partial charge in [0.15, 0.2) is 11.5 Å². The average Bonchev–Trinajstić information content (AvgIpc) is 3.18. The van der Waals surface area contributed by atoms with E-state index in [1.165, 1.54) is 0 Å². The molecular weight excluding hydrogens is 432 g/mol. The molecule has 0 bridgehead atoms. The van der Waals surface area contributed by atoms with Gasteiger partial charge < -0.3 is 24.3 Å². The first kappa shape index (κ1) is 22.2. The lowest BCUT2D eigenvalue weighted by Gasteiger charge is -2.34. The molecule has 1 aromatic carbocycles. The molecule has 3 aromatic rings. The molecule has 0 atom stereocenters. The van der Waals surface area contributed by atoms with E-state index >= 15 is 0 Å². The molecule has 9 nitrogen and oxygen atoms in total. The van der Waals surface area contributed by atoms with Crippen molar-refractivity contribution in [2.75, 3.05) is 57.4 Å². The van der Waals surface area contributed by atoms with Crippen LogP contribution in [0.3, 0.4) is 0 Å². The molecule has 2 aliphatic rings. The lowest BCUT2D eigenvalue weighted by Crippen LogP contribution is -2.49. The number of nitrogens with zero attached hydrogens (tertiary/aromatic N) is 5. The lowest BCUT2D eigenvalue weighted by molar-refractivity contribution is 0.0947. The summed E-state index contributed by atoms with van der Waals surface area (Å²) in [5, 5.41) is 3.10. The van der Waals surface area contributed by atoms with Crippen molar-refractivity contribution in [1.82, 2.24) is 24.8 Å². The summed E-state index contributed by atoms with van der Waals surface area (Å²) in [6.07, 6.45) is 3.55. The quantitative estimate of drug-likeness (QED) is 0.601. The number of ether oxygens (including phenoxy) is 2. The fraction of sp³-hybridized carbons (Fsp3) is 0.400. The molecule has 2 aliphatic heterocycles. The third-order valence-corrected chi connectivity index (χ3v) is 6.38. The standard InChI is InChI=1S/C25H30N6O3/c1-18-16-21(19(2)31(18)20-4-5-22-23(17-20)34-15-14-33-22)24(32)26-8-9-29-10-12-30(13-11-29)25-27-6-3-7-28-25/h3-7,16-17H,8-15H2,1-2H3,(H,26,32). The number of fused-ring (bicyclic) bond motifs is 1. The zero-order valence-corrected chi connectivity index (χ0v) is 19.7. The van der Waals surface area contributed by atoms with Gasteiger partial charge >= 0.3 is 0 Å². The van der Waals surface area contributed by atoms with E-state index in [-0.39, 0.29) is 5.91 Å². The molecule has 0 spiro atoms. The Bertz CT molecular complexity index is 1150. The van der Waals surface area contributed by atoms with E-state index in [1.54, 1.807) is 12.4 Å². The van der Waals surface area contributed by atoms with Crippen LogP contribution in [0.2, 0.25) is 0 Å². The third-order valence-electron chi connectivity index (χ3n) is 6.38. The lowest BCUT2D eigenvalue weighted by atomic mass is 10.2. The van der Waals surface area contributed by atoms with Gasteiger partial charge in [-0.2, -0.15) is 0 Å². The number of amides is 1. The van der Waals surface area contributed by atoms with Gasteiger partial charge in [0.05, 0.1) is 5.56 Å². The molecule has 0 radical (unpaired) electrons. The summed E-state index contributed by atoms with van der Waals surface area (Å²) in [5.74, 6) is 2.23. The molecule has 5 rings (SSSR count). The Morgan fingerprint density at radius 3 is 2.50 bits per heavy atom. The fourth-order valence-corrected chi connectivity index (χ4v) is 4.61. The maximum atomic E-state index is 13.0. The summed E-state index contributed by atoms with van der Waals surface area (Å²) in [5.41, 5.74) is 3.55. The predicted molar refractivity (Wildman–Crippen MR) is 129 cm³/mol. The van der Waals surface area contributed by atoms with E-state index in [9.17, 15) is 4.79 Å². The van der Waals surface area contributed by atoms with Crippen LogP contribution in [-0.4, -0.2) is 77.8 Å². The largest absolute Gasteiger partial charge is 0.486 e. The summed E-state index contributed by atoms with van der Waals surface area (Å²) >= 11 is 0. The SMILES string of the molecule is Cc1cc(C(=O)NCCN2CCN(c3ncccn3)CC2)c(C)n1-c1ccc2c(c1)OCCO2. The Labute approximate surface area is 199 Å². The third kappa shape index (κ3) is 4.56. The van der Waals surface area contributed by atoms with Crippen LogP contribution >= 0.6 is 0 Å². The highest BCUT2D eigenvalue weighted by Gasteiger charge is 2.21. The van der Waals surface area contributed by atoms with Crippen molar-refractivity contribution in [2.45, 2.75) is 13.8 Å². The summed E-state index contributed by atoms with van der Waals surface area (Å²) in [6, 6.07) is 9.66. The van der Waals surface area contributed by atoms with Crippen molar-refractivity contribution in [3.05, 3.63) is 59.7 Å². The van der Waals surface area contributed by atoms with Gasteiger partial charge in [0.1, 0.15) is 13.2 Å².